The molecule has 2 aromatic heterocycles. The molecule has 0 aliphatic rings. The first-order chi connectivity index (χ1) is 16.1. The Morgan fingerprint density at radius 1 is 0.559 bits per heavy atom. The van der Waals surface area contributed by atoms with Gasteiger partial charge in [-0.15, -0.1) is 0 Å². The van der Waals surface area contributed by atoms with Crippen molar-refractivity contribution in [1.29, 1.82) is 0 Å². The number of hydrogen-bond donors (Lipinski definition) is 0. The molecule has 0 saturated heterocycles. The summed E-state index contributed by atoms with van der Waals surface area (Å²) in [5.41, 5.74) is 2.70. The van der Waals surface area contributed by atoms with E-state index in [1.54, 1.807) is 12.4 Å². The van der Waals surface area contributed by atoms with Crippen molar-refractivity contribution in [3.63, 3.8) is 0 Å². The van der Waals surface area contributed by atoms with Gasteiger partial charge in [-0.2, -0.15) is 5.10 Å². The third-order valence-corrected chi connectivity index (χ3v) is 3.53. The molecule has 3 aromatic rings. The SMILES string of the molecule is CC.CC.CC.CC.Cc1cn(C(C)(C)C)nc1C(C)(C)C.c1ccccc1.c1ccncc1. The zero-order valence-corrected chi connectivity index (χ0v) is 25.3. The summed E-state index contributed by atoms with van der Waals surface area (Å²) in [6, 6.07) is 17.7. The predicted molar refractivity (Wildman–Crippen MR) is 157 cm³/mol. The Labute approximate surface area is 214 Å². The van der Waals surface area contributed by atoms with Crippen LogP contribution in [0, 0.1) is 6.92 Å². The topological polar surface area (TPSA) is 30.7 Å². The van der Waals surface area contributed by atoms with E-state index in [1.165, 1.54) is 11.3 Å². The maximum atomic E-state index is 4.67. The zero-order chi connectivity index (χ0) is 27.6. The summed E-state index contributed by atoms with van der Waals surface area (Å²) in [5, 5.41) is 4.67. The van der Waals surface area contributed by atoms with Gasteiger partial charge < -0.3 is 0 Å². The van der Waals surface area contributed by atoms with Crippen LogP contribution in [0.1, 0.15) is 108 Å². The molecule has 0 aliphatic heterocycles. The number of aryl methyl sites for hydroxylation is 1. The van der Waals surface area contributed by atoms with Gasteiger partial charge in [0.2, 0.25) is 0 Å². The maximum Gasteiger partial charge on any atom is 0.0707 e. The molecule has 3 heteroatoms. The highest BCUT2D eigenvalue weighted by molar-refractivity contribution is 5.22. The second kappa shape index (κ2) is 25.2. The first-order valence-electron chi connectivity index (χ1n) is 13.0. The lowest BCUT2D eigenvalue weighted by molar-refractivity contribution is 0.348. The van der Waals surface area contributed by atoms with Gasteiger partial charge >= 0.3 is 0 Å². The molecule has 0 spiro atoms. The number of benzene rings is 1. The van der Waals surface area contributed by atoms with Crippen LogP contribution in [-0.2, 0) is 11.0 Å². The molecular weight excluding hydrogens is 414 g/mol. The molecule has 0 atom stereocenters. The Morgan fingerprint density at radius 3 is 1.03 bits per heavy atom. The molecule has 0 N–H and O–H groups in total. The van der Waals surface area contributed by atoms with Crippen molar-refractivity contribution in [3.8, 4) is 0 Å². The van der Waals surface area contributed by atoms with Gasteiger partial charge in [0, 0.05) is 24.0 Å². The number of nitrogens with zero attached hydrogens (tertiary/aromatic N) is 3. The summed E-state index contributed by atoms with van der Waals surface area (Å²) in [6.45, 7) is 31.3. The van der Waals surface area contributed by atoms with Crippen molar-refractivity contribution >= 4 is 0 Å². The molecule has 196 valence electrons. The van der Waals surface area contributed by atoms with Gasteiger partial charge in [-0.25, -0.2) is 0 Å². The van der Waals surface area contributed by atoms with Crippen LogP contribution in [0.2, 0.25) is 0 Å². The minimum absolute atomic E-state index is 0.0776. The van der Waals surface area contributed by atoms with Gasteiger partial charge in [0.05, 0.1) is 11.2 Å². The fraction of sp³-hybridized carbons (Fsp3) is 0.548. The Bertz CT molecular complexity index is 634. The third kappa shape index (κ3) is 21.4. The molecule has 34 heavy (non-hydrogen) atoms. The average molecular weight is 472 g/mol. The van der Waals surface area contributed by atoms with Gasteiger partial charge in [0.1, 0.15) is 0 Å². The maximum absolute atomic E-state index is 4.67. The number of rotatable bonds is 0. The van der Waals surface area contributed by atoms with Gasteiger partial charge in [0.25, 0.3) is 0 Å². The largest absolute Gasteiger partial charge is 0.267 e. The van der Waals surface area contributed by atoms with E-state index in [9.17, 15) is 0 Å². The Hall–Kier alpha value is -2.42. The van der Waals surface area contributed by atoms with E-state index >= 15 is 0 Å². The second-order valence-electron chi connectivity index (χ2n) is 8.21. The van der Waals surface area contributed by atoms with E-state index < -0.39 is 0 Å². The fourth-order valence-electron chi connectivity index (χ4n) is 2.24. The lowest BCUT2D eigenvalue weighted by Gasteiger charge is -2.20. The van der Waals surface area contributed by atoms with Gasteiger partial charge in [-0.3, -0.25) is 9.67 Å². The standard InChI is InChI=1S/C12H22N2.C6H6.C5H5N.4C2H6/c1-9-8-14(12(5,6)7)13-10(9)11(2,3)4;2*1-2-4-6-5-3-1;4*1-2/h8H,1-7H3;1-6H;1-5H;4*1-2H3. The molecule has 3 nitrogen and oxygen atoms in total. The summed E-state index contributed by atoms with van der Waals surface area (Å²) in [6.07, 6.45) is 5.64. The molecule has 0 fully saturated rings. The van der Waals surface area contributed by atoms with E-state index in [2.05, 4.69) is 69.4 Å². The van der Waals surface area contributed by atoms with Crippen LogP contribution in [0.5, 0.6) is 0 Å². The summed E-state index contributed by atoms with van der Waals surface area (Å²) in [4.78, 5) is 3.78. The smallest absolute Gasteiger partial charge is 0.0707 e. The first-order valence-corrected chi connectivity index (χ1v) is 13.0. The lowest BCUT2D eigenvalue weighted by Crippen LogP contribution is -2.23. The van der Waals surface area contributed by atoms with Crippen LogP contribution in [0.15, 0.2) is 73.2 Å². The van der Waals surface area contributed by atoms with Crippen LogP contribution in [0.4, 0.5) is 0 Å². The number of hydrogen-bond acceptors (Lipinski definition) is 2. The van der Waals surface area contributed by atoms with Crippen molar-refractivity contribution < 1.29 is 0 Å². The van der Waals surface area contributed by atoms with E-state index in [1.807, 2.05) is 110 Å². The van der Waals surface area contributed by atoms with Crippen molar-refractivity contribution in [2.75, 3.05) is 0 Å². The van der Waals surface area contributed by atoms with Crippen LogP contribution >= 0.6 is 0 Å². The van der Waals surface area contributed by atoms with Crippen molar-refractivity contribution in [3.05, 3.63) is 84.4 Å². The normalized spacial score (nSPS) is 9.03. The second-order valence-corrected chi connectivity index (χ2v) is 8.21. The van der Waals surface area contributed by atoms with Crippen molar-refractivity contribution in [1.82, 2.24) is 14.8 Å². The Balaban J connectivity index is -0.000000188. The fourth-order valence-corrected chi connectivity index (χ4v) is 2.24. The lowest BCUT2D eigenvalue weighted by atomic mass is 9.90. The monoisotopic (exact) mass is 471 g/mol. The first kappa shape index (κ1) is 38.8. The molecule has 1 aromatic carbocycles. The Kier molecular flexibility index (Phi) is 28.8. The van der Waals surface area contributed by atoms with Crippen LogP contribution in [-0.4, -0.2) is 14.8 Å². The van der Waals surface area contributed by atoms with Crippen LogP contribution < -0.4 is 0 Å². The number of pyridine rings is 1. The molecular formula is C31H57N3. The van der Waals surface area contributed by atoms with E-state index in [4.69, 9.17) is 0 Å². The molecule has 3 rings (SSSR count). The molecule has 2 heterocycles. The molecule has 0 saturated carbocycles. The highest BCUT2D eigenvalue weighted by Gasteiger charge is 2.23. The van der Waals surface area contributed by atoms with Crippen LogP contribution in [0.3, 0.4) is 0 Å². The molecule has 0 bridgehead atoms. The average Bonchev–Trinajstić information content (AvgIpc) is 3.30. The summed E-state index contributed by atoms with van der Waals surface area (Å²) >= 11 is 0. The molecule has 0 amide bonds. The highest BCUT2D eigenvalue weighted by atomic mass is 15.3. The predicted octanol–water partition coefficient (Wildman–Crippen LogP) is 10.1. The van der Waals surface area contributed by atoms with E-state index in [0.717, 1.165) is 0 Å². The van der Waals surface area contributed by atoms with Crippen LogP contribution in [0.25, 0.3) is 0 Å². The van der Waals surface area contributed by atoms with Gasteiger partial charge in [-0.05, 0) is 45.4 Å². The summed E-state index contributed by atoms with van der Waals surface area (Å²) in [5.74, 6) is 0. The Morgan fingerprint density at radius 2 is 0.882 bits per heavy atom. The summed E-state index contributed by atoms with van der Waals surface area (Å²) in [7, 11) is 0. The van der Waals surface area contributed by atoms with Gasteiger partial charge in [0.15, 0.2) is 0 Å². The van der Waals surface area contributed by atoms with Crippen molar-refractivity contribution in [2.24, 2.45) is 0 Å². The minimum atomic E-state index is 0.0776. The zero-order valence-electron chi connectivity index (χ0n) is 25.3. The molecule has 0 aliphatic carbocycles. The minimum Gasteiger partial charge on any atom is -0.267 e. The van der Waals surface area contributed by atoms with E-state index in [0.29, 0.717) is 0 Å². The molecule has 0 unspecified atom stereocenters. The third-order valence-electron chi connectivity index (χ3n) is 3.53. The van der Waals surface area contributed by atoms with E-state index in [-0.39, 0.29) is 11.0 Å². The van der Waals surface area contributed by atoms with Crippen molar-refractivity contribution in [2.45, 2.75) is 115 Å². The summed E-state index contributed by atoms with van der Waals surface area (Å²) < 4.78 is 2.06. The quantitative estimate of drug-likeness (QED) is 0.326. The molecule has 0 radical (unpaired) electrons. The number of aromatic nitrogens is 3. The highest BCUT2D eigenvalue weighted by Crippen LogP contribution is 2.25. The van der Waals surface area contributed by atoms with Gasteiger partial charge in [-0.1, -0.05) is 119 Å².